The van der Waals surface area contributed by atoms with Crippen LogP contribution in [0.2, 0.25) is 5.02 Å². The molecule has 2 amide bonds. The van der Waals surface area contributed by atoms with E-state index < -0.39 is 28.5 Å². The number of sulfonamides is 1. The van der Waals surface area contributed by atoms with Crippen molar-refractivity contribution in [1.29, 1.82) is 0 Å². The maximum absolute atomic E-state index is 14.5. The van der Waals surface area contributed by atoms with Crippen LogP contribution in [0.5, 0.6) is 5.75 Å². The Hall–Kier alpha value is -4.34. The summed E-state index contributed by atoms with van der Waals surface area (Å²) in [4.78, 5) is 29.7. The van der Waals surface area contributed by atoms with Crippen LogP contribution < -0.4 is 14.4 Å². The van der Waals surface area contributed by atoms with E-state index in [1.807, 2.05) is 74.5 Å². The van der Waals surface area contributed by atoms with Gasteiger partial charge in [0.1, 0.15) is 18.3 Å². The topological polar surface area (TPSA) is 96.0 Å². The van der Waals surface area contributed by atoms with E-state index in [9.17, 15) is 18.0 Å². The molecule has 8 nitrogen and oxygen atoms in total. The summed E-state index contributed by atoms with van der Waals surface area (Å²) in [6.07, 6.45) is 0.234. The largest absolute Gasteiger partial charge is 0.492 e. The lowest BCUT2D eigenvalue weighted by atomic mass is 10.0. The summed E-state index contributed by atoms with van der Waals surface area (Å²) in [5.74, 6) is -0.583. The lowest BCUT2D eigenvalue weighted by Gasteiger charge is -2.34. The fraction of sp³-hybridized carbons (Fsp3) is 0.257. The molecule has 0 saturated carbocycles. The Kier molecular flexibility index (Phi) is 11.6. The number of rotatable bonds is 14. The van der Waals surface area contributed by atoms with Gasteiger partial charge in [0.25, 0.3) is 10.0 Å². The highest BCUT2D eigenvalue weighted by Gasteiger charge is 2.35. The number of carbonyl (C=O) groups is 2. The van der Waals surface area contributed by atoms with Crippen molar-refractivity contribution in [2.24, 2.45) is 0 Å². The SMILES string of the molecule is CCOc1ccccc1N(CC(=O)N(Cc1ccccc1)C(Cc1ccccc1)C(=O)NC(C)C)S(=O)(=O)c1ccc(Cl)cc1. The highest BCUT2D eigenvalue weighted by Crippen LogP contribution is 2.33. The number of para-hydroxylation sites is 2. The number of ether oxygens (including phenoxy) is 1. The molecule has 0 fully saturated rings. The smallest absolute Gasteiger partial charge is 0.264 e. The van der Waals surface area contributed by atoms with E-state index in [0.29, 0.717) is 10.8 Å². The molecule has 1 unspecified atom stereocenters. The molecule has 0 aliphatic carbocycles. The molecule has 0 heterocycles. The number of halogens is 1. The van der Waals surface area contributed by atoms with Crippen molar-refractivity contribution in [3.8, 4) is 5.75 Å². The van der Waals surface area contributed by atoms with Gasteiger partial charge in [-0.25, -0.2) is 8.42 Å². The zero-order chi connectivity index (χ0) is 32.4. The second-order valence-electron chi connectivity index (χ2n) is 10.7. The van der Waals surface area contributed by atoms with Gasteiger partial charge >= 0.3 is 0 Å². The van der Waals surface area contributed by atoms with Gasteiger partial charge in [-0.15, -0.1) is 0 Å². The van der Waals surface area contributed by atoms with E-state index >= 15 is 0 Å². The fourth-order valence-electron chi connectivity index (χ4n) is 4.90. The normalized spacial score (nSPS) is 11.9. The highest BCUT2D eigenvalue weighted by atomic mass is 35.5. The summed E-state index contributed by atoms with van der Waals surface area (Å²) >= 11 is 6.07. The van der Waals surface area contributed by atoms with Crippen molar-refractivity contribution < 1.29 is 22.7 Å². The van der Waals surface area contributed by atoms with Gasteiger partial charge in [-0.1, -0.05) is 84.4 Å². The van der Waals surface area contributed by atoms with Crippen LogP contribution in [0.3, 0.4) is 0 Å². The molecule has 1 atom stereocenters. The quantitative estimate of drug-likeness (QED) is 0.179. The monoisotopic (exact) mass is 647 g/mol. The van der Waals surface area contributed by atoms with Crippen LogP contribution in [0.4, 0.5) is 5.69 Å². The first-order valence-corrected chi connectivity index (χ1v) is 16.6. The van der Waals surface area contributed by atoms with Crippen LogP contribution in [-0.4, -0.2) is 50.4 Å². The Balaban J connectivity index is 1.83. The molecule has 4 aromatic rings. The van der Waals surface area contributed by atoms with Crippen LogP contribution in [0.25, 0.3) is 0 Å². The number of nitrogens with one attached hydrogen (secondary N) is 1. The molecule has 0 radical (unpaired) electrons. The maximum Gasteiger partial charge on any atom is 0.264 e. The minimum Gasteiger partial charge on any atom is -0.492 e. The van der Waals surface area contributed by atoms with Gasteiger partial charge in [-0.3, -0.25) is 13.9 Å². The van der Waals surface area contributed by atoms with Crippen LogP contribution in [0.1, 0.15) is 31.9 Å². The van der Waals surface area contributed by atoms with Crippen LogP contribution in [0, 0.1) is 0 Å². The molecule has 0 saturated heterocycles. The molecule has 0 spiro atoms. The Morgan fingerprint density at radius 3 is 2.00 bits per heavy atom. The minimum atomic E-state index is -4.29. The average molecular weight is 648 g/mol. The van der Waals surface area contributed by atoms with Gasteiger partial charge in [0.15, 0.2) is 0 Å². The van der Waals surface area contributed by atoms with Crippen molar-refractivity contribution in [2.75, 3.05) is 17.5 Å². The summed E-state index contributed by atoms with van der Waals surface area (Å²) < 4.78 is 35.3. The van der Waals surface area contributed by atoms with Crippen LogP contribution in [-0.2, 0) is 32.6 Å². The number of benzene rings is 4. The van der Waals surface area contributed by atoms with Crippen molar-refractivity contribution in [2.45, 2.75) is 50.7 Å². The van der Waals surface area contributed by atoms with E-state index in [1.54, 1.807) is 31.2 Å². The van der Waals surface area contributed by atoms with Gasteiger partial charge < -0.3 is 15.0 Å². The highest BCUT2D eigenvalue weighted by molar-refractivity contribution is 7.92. The molecule has 0 aliphatic heterocycles. The maximum atomic E-state index is 14.5. The first-order chi connectivity index (χ1) is 21.6. The number of carbonyl (C=O) groups excluding carboxylic acids is 2. The molecule has 10 heteroatoms. The van der Waals surface area contributed by atoms with Crippen molar-refractivity contribution in [3.63, 3.8) is 0 Å². The Labute approximate surface area is 270 Å². The van der Waals surface area contributed by atoms with E-state index in [2.05, 4.69) is 5.32 Å². The summed E-state index contributed by atoms with van der Waals surface area (Å²) in [6, 6.07) is 30.1. The zero-order valence-electron chi connectivity index (χ0n) is 25.6. The second-order valence-corrected chi connectivity index (χ2v) is 13.0. The predicted octanol–water partition coefficient (Wildman–Crippen LogP) is 6.10. The summed E-state index contributed by atoms with van der Waals surface area (Å²) in [7, 11) is -4.29. The molecule has 0 aromatic heterocycles. The van der Waals surface area contributed by atoms with Crippen LogP contribution >= 0.6 is 11.6 Å². The van der Waals surface area contributed by atoms with E-state index in [1.165, 1.54) is 29.2 Å². The summed E-state index contributed by atoms with van der Waals surface area (Å²) in [5.41, 5.74) is 1.86. The van der Waals surface area contributed by atoms with Crippen molar-refractivity contribution in [3.05, 3.63) is 125 Å². The molecule has 4 aromatic carbocycles. The van der Waals surface area contributed by atoms with E-state index in [-0.39, 0.29) is 42.1 Å². The van der Waals surface area contributed by atoms with Crippen LogP contribution in [0.15, 0.2) is 114 Å². The van der Waals surface area contributed by atoms with Gasteiger partial charge in [0.05, 0.1) is 17.2 Å². The van der Waals surface area contributed by atoms with Crippen molar-refractivity contribution >= 4 is 39.1 Å². The summed E-state index contributed by atoms with van der Waals surface area (Å²) in [6.45, 7) is 5.29. The summed E-state index contributed by atoms with van der Waals surface area (Å²) in [5, 5.41) is 3.33. The van der Waals surface area contributed by atoms with Crippen molar-refractivity contribution in [1.82, 2.24) is 10.2 Å². The number of anilines is 1. The second kappa shape index (κ2) is 15.6. The predicted molar refractivity (Wildman–Crippen MR) is 178 cm³/mol. The molecule has 1 N–H and O–H groups in total. The molecule has 45 heavy (non-hydrogen) atoms. The number of amides is 2. The third-order valence-electron chi connectivity index (χ3n) is 7.01. The van der Waals surface area contributed by atoms with Gasteiger partial charge in [-0.2, -0.15) is 0 Å². The number of hydrogen-bond acceptors (Lipinski definition) is 5. The lowest BCUT2D eigenvalue weighted by Crippen LogP contribution is -2.54. The zero-order valence-corrected chi connectivity index (χ0v) is 27.2. The molecule has 4 rings (SSSR count). The van der Waals surface area contributed by atoms with E-state index in [0.717, 1.165) is 15.4 Å². The molecule has 0 bridgehead atoms. The Morgan fingerprint density at radius 1 is 0.822 bits per heavy atom. The minimum absolute atomic E-state index is 0.0426. The van der Waals surface area contributed by atoms with Gasteiger partial charge in [-0.05, 0) is 68.3 Å². The third kappa shape index (κ3) is 8.86. The van der Waals surface area contributed by atoms with Gasteiger partial charge in [0.2, 0.25) is 11.8 Å². The molecular weight excluding hydrogens is 610 g/mol. The number of nitrogens with zero attached hydrogens (tertiary/aromatic N) is 2. The molecule has 236 valence electrons. The van der Waals surface area contributed by atoms with Gasteiger partial charge in [0, 0.05) is 24.0 Å². The Morgan fingerprint density at radius 2 is 1.40 bits per heavy atom. The fourth-order valence-corrected chi connectivity index (χ4v) is 6.45. The Bertz CT molecular complexity index is 1670. The molecule has 0 aliphatic rings. The number of hydrogen-bond donors (Lipinski definition) is 1. The third-order valence-corrected chi connectivity index (χ3v) is 9.04. The first-order valence-electron chi connectivity index (χ1n) is 14.8. The standard InChI is InChI=1S/C35H38ClN3O5S/c1-4-44-33-18-12-11-17-31(33)39(45(42,43)30-21-19-29(36)20-22-30)25-34(40)38(24-28-15-9-6-10-16-28)32(35(41)37-26(2)3)23-27-13-7-5-8-14-27/h5-22,26,32H,4,23-25H2,1-3H3,(H,37,41). The average Bonchev–Trinajstić information content (AvgIpc) is 3.03. The lowest BCUT2D eigenvalue weighted by molar-refractivity contribution is -0.140. The molecular formula is C35H38ClN3O5S. The van der Waals surface area contributed by atoms with E-state index in [4.69, 9.17) is 16.3 Å². The first kappa shape index (κ1) is 33.6.